The first kappa shape index (κ1) is 10.3. The Hall–Kier alpha value is -1.23. The van der Waals surface area contributed by atoms with Crippen LogP contribution in [0.2, 0.25) is 0 Å². The van der Waals surface area contributed by atoms with Crippen LogP contribution in [0.25, 0.3) is 5.52 Å². The zero-order valence-corrected chi connectivity index (χ0v) is 8.18. The molecule has 0 spiro atoms. The van der Waals surface area contributed by atoms with Crippen LogP contribution in [-0.2, 0) is 12.1 Å². The molecule has 80 valence electrons. The van der Waals surface area contributed by atoms with Gasteiger partial charge < -0.3 is 0 Å². The summed E-state index contributed by atoms with van der Waals surface area (Å²) in [7, 11) is 0. The minimum absolute atomic E-state index is 0.144. The molecule has 0 aromatic carbocycles. The Morgan fingerprint density at radius 2 is 2.13 bits per heavy atom. The molecule has 2 aromatic rings. The van der Waals surface area contributed by atoms with E-state index >= 15 is 0 Å². The molecule has 0 aliphatic rings. The summed E-state index contributed by atoms with van der Waals surface area (Å²) in [4.78, 5) is 0. The third-order valence-electron chi connectivity index (χ3n) is 2.07. The highest BCUT2D eigenvalue weighted by Crippen LogP contribution is 2.30. The Morgan fingerprint density at radius 3 is 2.73 bits per heavy atom. The van der Waals surface area contributed by atoms with Gasteiger partial charge in [-0.2, -0.15) is 18.3 Å². The maximum atomic E-state index is 12.4. The SMILES string of the molecule is FC(F)(F)c1ccn2ncc(CCl)c2c1. The van der Waals surface area contributed by atoms with Gasteiger partial charge in [0.2, 0.25) is 0 Å². The van der Waals surface area contributed by atoms with Gasteiger partial charge in [0, 0.05) is 11.8 Å². The summed E-state index contributed by atoms with van der Waals surface area (Å²) in [5.74, 6) is 0.144. The molecular formula is C9H6ClF3N2. The van der Waals surface area contributed by atoms with Gasteiger partial charge in [-0.05, 0) is 12.1 Å². The van der Waals surface area contributed by atoms with E-state index in [4.69, 9.17) is 11.6 Å². The zero-order valence-electron chi connectivity index (χ0n) is 7.42. The third kappa shape index (κ3) is 1.79. The fourth-order valence-electron chi connectivity index (χ4n) is 1.31. The molecule has 2 nitrogen and oxygen atoms in total. The summed E-state index contributed by atoms with van der Waals surface area (Å²) in [6.45, 7) is 0. The summed E-state index contributed by atoms with van der Waals surface area (Å²) in [6, 6.07) is 2.03. The molecule has 0 radical (unpaired) electrons. The minimum Gasteiger partial charge on any atom is -0.241 e. The molecule has 2 heterocycles. The van der Waals surface area contributed by atoms with E-state index in [1.807, 2.05) is 0 Å². The van der Waals surface area contributed by atoms with E-state index in [-0.39, 0.29) is 5.88 Å². The smallest absolute Gasteiger partial charge is 0.241 e. The van der Waals surface area contributed by atoms with Gasteiger partial charge in [0.25, 0.3) is 0 Å². The number of halogens is 4. The quantitative estimate of drug-likeness (QED) is 0.693. The molecule has 0 unspecified atom stereocenters. The second kappa shape index (κ2) is 3.41. The maximum absolute atomic E-state index is 12.4. The van der Waals surface area contributed by atoms with Gasteiger partial charge in [0.15, 0.2) is 0 Å². The lowest BCUT2D eigenvalue weighted by Crippen LogP contribution is -2.05. The average molecular weight is 235 g/mol. The molecule has 0 bridgehead atoms. The second-order valence-corrected chi connectivity index (χ2v) is 3.31. The van der Waals surface area contributed by atoms with E-state index in [0.717, 1.165) is 12.1 Å². The monoisotopic (exact) mass is 234 g/mol. The molecule has 0 atom stereocenters. The van der Waals surface area contributed by atoms with Gasteiger partial charge in [-0.1, -0.05) is 0 Å². The molecule has 0 fully saturated rings. The zero-order chi connectivity index (χ0) is 11.1. The number of fused-ring (bicyclic) bond motifs is 1. The average Bonchev–Trinajstić information content (AvgIpc) is 2.57. The predicted octanol–water partition coefficient (Wildman–Crippen LogP) is 3.09. The number of rotatable bonds is 1. The van der Waals surface area contributed by atoms with Crippen LogP contribution in [0, 0.1) is 0 Å². The Kier molecular flexibility index (Phi) is 2.34. The lowest BCUT2D eigenvalue weighted by molar-refractivity contribution is -0.137. The van der Waals surface area contributed by atoms with Gasteiger partial charge >= 0.3 is 6.18 Å². The van der Waals surface area contributed by atoms with E-state index < -0.39 is 11.7 Å². The molecular weight excluding hydrogens is 229 g/mol. The van der Waals surface area contributed by atoms with Crippen LogP contribution < -0.4 is 0 Å². The molecule has 0 aliphatic heterocycles. The van der Waals surface area contributed by atoms with Crippen molar-refractivity contribution in [3.63, 3.8) is 0 Å². The molecule has 0 N–H and O–H groups in total. The lowest BCUT2D eigenvalue weighted by atomic mass is 10.2. The fraction of sp³-hybridized carbons (Fsp3) is 0.222. The molecule has 6 heteroatoms. The number of nitrogens with zero attached hydrogens (tertiary/aromatic N) is 2. The number of pyridine rings is 1. The van der Waals surface area contributed by atoms with Gasteiger partial charge in [-0.15, -0.1) is 11.6 Å². The largest absolute Gasteiger partial charge is 0.416 e. The van der Waals surface area contributed by atoms with Crippen molar-refractivity contribution < 1.29 is 13.2 Å². The van der Waals surface area contributed by atoms with Crippen LogP contribution in [0.5, 0.6) is 0 Å². The van der Waals surface area contributed by atoms with E-state index in [9.17, 15) is 13.2 Å². The molecule has 0 aliphatic carbocycles. The fourth-order valence-corrected chi connectivity index (χ4v) is 1.52. The van der Waals surface area contributed by atoms with Crippen molar-refractivity contribution in [1.82, 2.24) is 9.61 Å². The minimum atomic E-state index is -4.34. The van der Waals surface area contributed by atoms with Crippen LogP contribution >= 0.6 is 11.6 Å². The van der Waals surface area contributed by atoms with Crippen molar-refractivity contribution in [3.8, 4) is 0 Å². The molecule has 2 aromatic heterocycles. The number of aromatic nitrogens is 2. The predicted molar refractivity (Wildman–Crippen MR) is 49.8 cm³/mol. The first-order valence-corrected chi connectivity index (χ1v) is 4.65. The van der Waals surface area contributed by atoms with Crippen LogP contribution in [0.3, 0.4) is 0 Å². The molecule has 0 saturated carbocycles. The summed E-state index contributed by atoms with van der Waals surface area (Å²) in [5.41, 5.74) is 0.282. The first-order valence-electron chi connectivity index (χ1n) is 4.12. The van der Waals surface area contributed by atoms with E-state index in [0.29, 0.717) is 11.1 Å². The Bertz CT molecular complexity index is 490. The van der Waals surface area contributed by atoms with Crippen molar-refractivity contribution >= 4 is 17.1 Å². The van der Waals surface area contributed by atoms with Crippen molar-refractivity contribution in [3.05, 3.63) is 35.7 Å². The number of hydrogen-bond acceptors (Lipinski definition) is 1. The Labute approximate surface area is 88.3 Å². The van der Waals surface area contributed by atoms with Crippen molar-refractivity contribution in [2.45, 2.75) is 12.1 Å². The van der Waals surface area contributed by atoms with Crippen molar-refractivity contribution in [2.24, 2.45) is 0 Å². The lowest BCUT2D eigenvalue weighted by Gasteiger charge is -2.06. The molecule has 15 heavy (non-hydrogen) atoms. The van der Waals surface area contributed by atoms with E-state index in [2.05, 4.69) is 5.10 Å². The van der Waals surface area contributed by atoms with Crippen LogP contribution in [0.4, 0.5) is 13.2 Å². The van der Waals surface area contributed by atoms with Crippen LogP contribution in [-0.4, -0.2) is 9.61 Å². The maximum Gasteiger partial charge on any atom is 0.416 e. The Balaban J connectivity index is 2.63. The van der Waals surface area contributed by atoms with Gasteiger partial charge in [0.1, 0.15) is 0 Å². The van der Waals surface area contributed by atoms with E-state index in [1.165, 1.54) is 16.9 Å². The van der Waals surface area contributed by atoms with Crippen LogP contribution in [0.1, 0.15) is 11.1 Å². The summed E-state index contributed by atoms with van der Waals surface area (Å²) >= 11 is 5.58. The van der Waals surface area contributed by atoms with Crippen molar-refractivity contribution in [1.29, 1.82) is 0 Å². The molecule has 2 rings (SSSR count). The Morgan fingerprint density at radius 1 is 1.40 bits per heavy atom. The molecule has 0 saturated heterocycles. The topological polar surface area (TPSA) is 17.3 Å². The third-order valence-corrected chi connectivity index (χ3v) is 2.36. The summed E-state index contributed by atoms with van der Waals surface area (Å²) in [5, 5.41) is 3.88. The standard InChI is InChI=1S/C9H6ClF3N2/c10-4-6-5-14-15-2-1-7(3-8(6)15)9(11,12)13/h1-3,5H,4H2. The normalized spacial score (nSPS) is 12.3. The second-order valence-electron chi connectivity index (χ2n) is 3.05. The van der Waals surface area contributed by atoms with Crippen molar-refractivity contribution in [2.75, 3.05) is 0 Å². The highest BCUT2D eigenvalue weighted by atomic mass is 35.5. The van der Waals surface area contributed by atoms with Gasteiger partial charge in [-0.3, -0.25) is 0 Å². The highest BCUT2D eigenvalue weighted by molar-refractivity contribution is 6.17. The van der Waals surface area contributed by atoms with Crippen LogP contribution in [0.15, 0.2) is 24.5 Å². The highest BCUT2D eigenvalue weighted by Gasteiger charge is 2.30. The summed E-state index contributed by atoms with van der Waals surface area (Å²) in [6.07, 6.45) is -1.60. The number of hydrogen-bond donors (Lipinski definition) is 0. The van der Waals surface area contributed by atoms with Gasteiger partial charge in [0.05, 0.1) is 23.2 Å². The molecule has 0 amide bonds. The number of alkyl halides is 4. The first-order chi connectivity index (χ1) is 7.02. The van der Waals surface area contributed by atoms with Gasteiger partial charge in [-0.25, -0.2) is 4.52 Å². The van der Waals surface area contributed by atoms with E-state index in [1.54, 1.807) is 0 Å². The summed E-state index contributed by atoms with van der Waals surface area (Å²) < 4.78 is 38.6.